The standard InChI is InChI=1S/C11H11ClN2O4S/c12-7-1-3-8(4-2-7)13-10(15)14-6-19-5-9(14)18-11(16)17/h1-4,9H,5-6H2,(H,13,15)(H,16,17)/t9-/m0/s1. The van der Waals surface area contributed by atoms with E-state index in [0.29, 0.717) is 22.3 Å². The molecule has 6 nitrogen and oxygen atoms in total. The third kappa shape index (κ3) is 3.68. The molecule has 8 heteroatoms. The van der Waals surface area contributed by atoms with Crippen LogP contribution in [0.2, 0.25) is 5.02 Å². The molecule has 1 heterocycles. The summed E-state index contributed by atoms with van der Waals surface area (Å²) in [4.78, 5) is 23.8. The van der Waals surface area contributed by atoms with Gasteiger partial charge in [-0.05, 0) is 24.3 Å². The fourth-order valence-electron chi connectivity index (χ4n) is 1.56. The van der Waals surface area contributed by atoms with E-state index in [2.05, 4.69) is 10.1 Å². The molecule has 2 amide bonds. The van der Waals surface area contributed by atoms with Crippen molar-refractivity contribution < 1.29 is 19.4 Å². The average molecular weight is 303 g/mol. The Morgan fingerprint density at radius 3 is 2.74 bits per heavy atom. The highest BCUT2D eigenvalue weighted by molar-refractivity contribution is 7.99. The Balaban J connectivity index is 1.98. The van der Waals surface area contributed by atoms with E-state index in [-0.39, 0.29) is 0 Å². The van der Waals surface area contributed by atoms with Gasteiger partial charge in [-0.25, -0.2) is 9.59 Å². The molecule has 102 valence electrons. The van der Waals surface area contributed by atoms with Crippen LogP contribution in [0.15, 0.2) is 24.3 Å². The third-order valence-electron chi connectivity index (χ3n) is 2.43. The first-order valence-corrected chi connectivity index (χ1v) is 6.90. The molecule has 1 atom stereocenters. The monoisotopic (exact) mass is 302 g/mol. The molecule has 1 aliphatic rings. The van der Waals surface area contributed by atoms with Crippen LogP contribution in [0.1, 0.15) is 0 Å². The maximum absolute atomic E-state index is 12.0. The van der Waals surface area contributed by atoms with Gasteiger partial charge in [0.05, 0.1) is 11.6 Å². The molecule has 1 saturated heterocycles. The fourth-order valence-corrected chi connectivity index (χ4v) is 2.72. The average Bonchev–Trinajstić information content (AvgIpc) is 2.79. The van der Waals surface area contributed by atoms with E-state index in [1.807, 2.05) is 0 Å². The number of nitrogens with zero attached hydrogens (tertiary/aromatic N) is 1. The van der Waals surface area contributed by atoms with E-state index in [1.165, 1.54) is 16.7 Å². The molecule has 0 spiro atoms. The van der Waals surface area contributed by atoms with Crippen LogP contribution in [0.4, 0.5) is 15.3 Å². The lowest BCUT2D eigenvalue weighted by molar-refractivity contribution is 0.0113. The number of thioether (sulfide) groups is 1. The highest BCUT2D eigenvalue weighted by atomic mass is 35.5. The highest BCUT2D eigenvalue weighted by Gasteiger charge is 2.32. The summed E-state index contributed by atoms with van der Waals surface area (Å²) >= 11 is 7.17. The van der Waals surface area contributed by atoms with Gasteiger partial charge in [0, 0.05) is 10.7 Å². The molecule has 0 radical (unpaired) electrons. The summed E-state index contributed by atoms with van der Waals surface area (Å²) < 4.78 is 4.64. The Morgan fingerprint density at radius 2 is 2.11 bits per heavy atom. The van der Waals surface area contributed by atoms with E-state index in [4.69, 9.17) is 16.7 Å². The van der Waals surface area contributed by atoms with Crippen LogP contribution in [0.3, 0.4) is 0 Å². The van der Waals surface area contributed by atoms with E-state index < -0.39 is 18.4 Å². The van der Waals surface area contributed by atoms with Crippen LogP contribution in [0, 0.1) is 0 Å². The maximum atomic E-state index is 12.0. The number of rotatable bonds is 2. The minimum atomic E-state index is -1.39. The van der Waals surface area contributed by atoms with Crippen molar-refractivity contribution in [3.8, 4) is 0 Å². The molecule has 0 unspecified atom stereocenters. The highest BCUT2D eigenvalue weighted by Crippen LogP contribution is 2.23. The molecule has 1 aliphatic heterocycles. The first-order chi connectivity index (χ1) is 9.06. The molecule has 1 aromatic rings. The van der Waals surface area contributed by atoms with Crippen molar-refractivity contribution in [1.82, 2.24) is 4.90 Å². The van der Waals surface area contributed by atoms with Crippen molar-refractivity contribution in [2.75, 3.05) is 16.9 Å². The predicted molar refractivity (Wildman–Crippen MR) is 72.5 cm³/mol. The normalized spacial score (nSPS) is 18.2. The summed E-state index contributed by atoms with van der Waals surface area (Å²) in [6.45, 7) is 0. The number of anilines is 1. The van der Waals surface area contributed by atoms with E-state index >= 15 is 0 Å². The van der Waals surface area contributed by atoms with Gasteiger partial charge >= 0.3 is 12.2 Å². The molecule has 2 N–H and O–H groups in total. The summed E-state index contributed by atoms with van der Waals surface area (Å²) in [7, 11) is 0. The fraction of sp³-hybridized carbons (Fsp3) is 0.273. The van der Waals surface area contributed by atoms with Gasteiger partial charge in [0.2, 0.25) is 0 Å². The zero-order valence-corrected chi connectivity index (χ0v) is 11.3. The van der Waals surface area contributed by atoms with Crippen molar-refractivity contribution in [3.05, 3.63) is 29.3 Å². The van der Waals surface area contributed by atoms with Gasteiger partial charge in [-0.3, -0.25) is 4.90 Å². The Labute approximate surface area is 118 Å². The molecule has 0 aromatic heterocycles. The van der Waals surface area contributed by atoms with E-state index in [1.54, 1.807) is 24.3 Å². The van der Waals surface area contributed by atoms with Gasteiger partial charge in [0.25, 0.3) is 0 Å². The Kier molecular flexibility index (Phi) is 4.39. The van der Waals surface area contributed by atoms with Crippen molar-refractivity contribution >= 4 is 41.2 Å². The number of urea groups is 1. The van der Waals surface area contributed by atoms with Gasteiger partial charge in [-0.2, -0.15) is 0 Å². The number of halogens is 1. The van der Waals surface area contributed by atoms with Crippen molar-refractivity contribution in [2.24, 2.45) is 0 Å². The topological polar surface area (TPSA) is 78.9 Å². The zero-order valence-electron chi connectivity index (χ0n) is 9.71. The second kappa shape index (κ2) is 6.03. The lowest BCUT2D eigenvalue weighted by Crippen LogP contribution is -2.41. The van der Waals surface area contributed by atoms with E-state index in [9.17, 15) is 9.59 Å². The third-order valence-corrected chi connectivity index (χ3v) is 3.67. The quantitative estimate of drug-likeness (QED) is 0.821. The molecule has 2 rings (SSSR count). The SMILES string of the molecule is O=C(O)O[C@H]1CSCN1C(=O)Nc1ccc(Cl)cc1. The smallest absolute Gasteiger partial charge is 0.450 e. The lowest BCUT2D eigenvalue weighted by atomic mass is 10.3. The van der Waals surface area contributed by atoms with Crippen LogP contribution in [0.25, 0.3) is 0 Å². The first-order valence-electron chi connectivity index (χ1n) is 5.37. The van der Waals surface area contributed by atoms with Crippen LogP contribution in [-0.4, -0.2) is 40.1 Å². The number of carboxylic acid groups (broad SMARTS) is 1. The number of amides is 2. The summed E-state index contributed by atoms with van der Waals surface area (Å²) in [6.07, 6.45) is -2.15. The van der Waals surface area contributed by atoms with Gasteiger partial charge in [-0.15, -0.1) is 11.8 Å². The maximum Gasteiger partial charge on any atom is 0.507 e. The summed E-state index contributed by atoms with van der Waals surface area (Å²) in [5.41, 5.74) is 0.584. The van der Waals surface area contributed by atoms with Crippen molar-refractivity contribution in [2.45, 2.75) is 6.23 Å². The van der Waals surface area contributed by atoms with Gasteiger partial charge in [0.1, 0.15) is 0 Å². The van der Waals surface area contributed by atoms with Gasteiger partial charge in [0.15, 0.2) is 6.23 Å². The van der Waals surface area contributed by atoms with Crippen LogP contribution in [0.5, 0.6) is 0 Å². The molecule has 0 aliphatic carbocycles. The number of ether oxygens (including phenoxy) is 1. The second-order valence-electron chi connectivity index (χ2n) is 3.75. The molecular weight excluding hydrogens is 292 g/mol. The second-order valence-corrected chi connectivity index (χ2v) is 5.18. The summed E-state index contributed by atoms with van der Waals surface area (Å²) in [5, 5.41) is 11.8. The molecule has 0 bridgehead atoms. The van der Waals surface area contributed by atoms with Crippen LogP contribution < -0.4 is 5.32 Å². The number of carbonyl (C=O) groups excluding carboxylic acids is 1. The molecule has 19 heavy (non-hydrogen) atoms. The Morgan fingerprint density at radius 1 is 1.42 bits per heavy atom. The van der Waals surface area contributed by atoms with Gasteiger partial charge in [-0.1, -0.05) is 11.6 Å². The van der Waals surface area contributed by atoms with Crippen molar-refractivity contribution in [3.63, 3.8) is 0 Å². The molecule has 1 fully saturated rings. The molecule has 0 saturated carbocycles. The number of carbonyl (C=O) groups is 2. The van der Waals surface area contributed by atoms with Crippen LogP contribution >= 0.6 is 23.4 Å². The predicted octanol–water partition coefficient (Wildman–Crippen LogP) is 2.90. The minimum Gasteiger partial charge on any atom is -0.450 e. The Hall–Kier alpha value is -1.60. The largest absolute Gasteiger partial charge is 0.507 e. The van der Waals surface area contributed by atoms with Crippen LogP contribution in [-0.2, 0) is 4.74 Å². The summed E-state index contributed by atoms with van der Waals surface area (Å²) in [6, 6.07) is 6.23. The number of hydrogen-bond donors (Lipinski definition) is 2. The lowest BCUT2D eigenvalue weighted by Gasteiger charge is -2.22. The zero-order chi connectivity index (χ0) is 13.8. The molecular formula is C11H11ClN2O4S. The summed E-state index contributed by atoms with van der Waals surface area (Å²) in [5.74, 6) is 0.817. The Bertz CT molecular complexity index is 482. The van der Waals surface area contributed by atoms with Gasteiger partial charge < -0.3 is 15.2 Å². The first kappa shape index (κ1) is 13.8. The number of nitrogens with one attached hydrogen (secondary N) is 1. The number of hydrogen-bond acceptors (Lipinski definition) is 4. The number of benzene rings is 1. The minimum absolute atomic E-state index is 0.386. The van der Waals surface area contributed by atoms with E-state index in [0.717, 1.165) is 0 Å². The van der Waals surface area contributed by atoms with Crippen molar-refractivity contribution in [1.29, 1.82) is 0 Å². The molecule has 1 aromatic carbocycles.